The van der Waals surface area contributed by atoms with Crippen LogP contribution >= 0.6 is 0 Å². The molecule has 2 saturated heterocycles. The van der Waals surface area contributed by atoms with Crippen LogP contribution in [0.3, 0.4) is 0 Å². The molecule has 0 amide bonds. The van der Waals surface area contributed by atoms with Gasteiger partial charge in [0.1, 0.15) is 18.8 Å². The molecule has 49 heavy (non-hydrogen) atoms. The van der Waals surface area contributed by atoms with Gasteiger partial charge in [0.05, 0.1) is 24.9 Å². The van der Waals surface area contributed by atoms with E-state index in [1.165, 1.54) is 13.8 Å². The van der Waals surface area contributed by atoms with Crippen molar-refractivity contribution in [2.24, 2.45) is 22.9 Å². The zero-order valence-corrected chi connectivity index (χ0v) is 31.5. The van der Waals surface area contributed by atoms with Gasteiger partial charge in [-0.3, -0.25) is 9.59 Å². The van der Waals surface area contributed by atoms with Gasteiger partial charge in [0.2, 0.25) is 0 Å². The van der Waals surface area contributed by atoms with E-state index in [0.717, 1.165) is 5.56 Å². The first kappa shape index (κ1) is 42.0. The molecule has 0 aromatic heterocycles. The second-order valence-electron chi connectivity index (χ2n) is 14.0. The number of azide groups is 1. The Morgan fingerprint density at radius 3 is 2.12 bits per heavy atom. The van der Waals surface area contributed by atoms with Gasteiger partial charge in [-0.05, 0) is 48.0 Å². The van der Waals surface area contributed by atoms with Crippen LogP contribution in [0, 0.1) is 17.8 Å². The van der Waals surface area contributed by atoms with Gasteiger partial charge in [-0.25, -0.2) is 0 Å². The molecular formula is C34H53N3O11Si. The summed E-state index contributed by atoms with van der Waals surface area (Å²) in [4.78, 5) is 43.7. The summed E-state index contributed by atoms with van der Waals surface area (Å²) in [5, 5.41) is 3.97. The number of esters is 2. The van der Waals surface area contributed by atoms with Gasteiger partial charge in [-0.15, -0.1) is 0 Å². The lowest BCUT2D eigenvalue weighted by atomic mass is 9.88. The monoisotopic (exact) mass is 707 g/mol. The third-order valence-corrected chi connectivity index (χ3v) is 14.6. The van der Waals surface area contributed by atoms with Gasteiger partial charge >= 0.3 is 18.1 Å². The second kappa shape index (κ2) is 18.7. The molecular weight excluding hydrogens is 654 g/mol. The minimum atomic E-state index is -2.47. The third-order valence-electron chi connectivity index (χ3n) is 10.1. The molecule has 0 spiro atoms. The van der Waals surface area contributed by atoms with Crippen LogP contribution in [0.5, 0.6) is 0 Å². The van der Waals surface area contributed by atoms with Crippen molar-refractivity contribution in [1.82, 2.24) is 0 Å². The van der Waals surface area contributed by atoms with Crippen LogP contribution in [-0.2, 0) is 58.6 Å². The Morgan fingerprint density at radius 1 is 0.980 bits per heavy atom. The van der Waals surface area contributed by atoms with E-state index in [2.05, 4.69) is 50.8 Å². The largest absolute Gasteiger partial charge is 0.463 e. The van der Waals surface area contributed by atoms with Crippen LogP contribution in [-0.4, -0.2) is 82.2 Å². The lowest BCUT2D eigenvalue weighted by Crippen LogP contribution is -2.62. The van der Waals surface area contributed by atoms with Gasteiger partial charge < -0.3 is 32.8 Å². The van der Waals surface area contributed by atoms with E-state index < -0.39 is 69.2 Å². The molecule has 15 heteroatoms. The van der Waals surface area contributed by atoms with Gasteiger partial charge in [-0.1, -0.05) is 77.0 Å². The second-order valence-corrected chi connectivity index (χ2v) is 18.5. The minimum absolute atomic E-state index is 0.131. The Labute approximate surface area is 290 Å². The standard InChI is InChI=1S/C33H53N3O9Si.CO2/c1-19(2)33(8,9)46(10,11)45-31-27(35-36-34)21(4)28(26(43-31)18-39-23(6)37)44-32-30(42-24(7)38)29(20(3)22(5)41-32)40-17-25-15-13-12-14-16-25;2-1-3/h12-16,19-22,26-32H,17-18H2,1-11H3;/t20-,21-,22?,26?,27?,28+,29?,30+,31+,32+;/m1./s1. The molecule has 0 radical (unpaired) electrons. The zero-order valence-electron chi connectivity index (χ0n) is 30.5. The van der Waals surface area contributed by atoms with Crippen molar-refractivity contribution in [2.75, 3.05) is 6.61 Å². The molecule has 10 atom stereocenters. The Balaban J connectivity index is 0.00000267. The fourth-order valence-corrected chi connectivity index (χ4v) is 8.31. The summed E-state index contributed by atoms with van der Waals surface area (Å²) in [7, 11) is -2.47. The molecule has 2 aliphatic rings. The number of nitrogens with zero attached hydrogens (tertiary/aromatic N) is 3. The van der Waals surface area contributed by atoms with E-state index in [0.29, 0.717) is 12.5 Å². The maximum Gasteiger partial charge on any atom is 0.373 e. The number of ether oxygens (including phenoxy) is 6. The summed E-state index contributed by atoms with van der Waals surface area (Å²) in [6.07, 6.45) is -5.10. The fourth-order valence-electron chi connectivity index (χ4n) is 5.84. The quantitative estimate of drug-likeness (QED) is 0.0777. The molecule has 0 saturated carbocycles. The summed E-state index contributed by atoms with van der Waals surface area (Å²) < 4.78 is 43.8. The number of rotatable bonds is 13. The smallest absolute Gasteiger partial charge is 0.373 e. The summed E-state index contributed by atoms with van der Waals surface area (Å²) in [6.45, 7) is 21.5. The molecule has 3 rings (SSSR count). The molecule has 0 bridgehead atoms. The molecule has 2 fully saturated rings. The fraction of sp³-hybridized carbons (Fsp3) is 0.735. The van der Waals surface area contributed by atoms with Crippen molar-refractivity contribution in [3.05, 3.63) is 46.3 Å². The van der Waals surface area contributed by atoms with E-state index in [9.17, 15) is 15.1 Å². The van der Waals surface area contributed by atoms with Crippen molar-refractivity contribution >= 4 is 26.4 Å². The molecule has 274 valence electrons. The molecule has 2 aliphatic heterocycles. The predicted octanol–water partition coefficient (Wildman–Crippen LogP) is 5.95. The molecule has 0 N–H and O–H groups in total. The topological polar surface area (TPSA) is 182 Å². The molecule has 1 aromatic rings. The highest BCUT2D eigenvalue weighted by atomic mass is 28.4. The van der Waals surface area contributed by atoms with Crippen molar-refractivity contribution < 1.29 is 52.0 Å². The highest BCUT2D eigenvalue weighted by Gasteiger charge is 2.53. The van der Waals surface area contributed by atoms with Crippen molar-refractivity contribution in [1.29, 1.82) is 0 Å². The lowest BCUT2D eigenvalue weighted by molar-refractivity contribution is -0.332. The number of carbonyl (C=O) groups is 2. The average molecular weight is 708 g/mol. The molecule has 0 aliphatic carbocycles. The van der Waals surface area contributed by atoms with E-state index in [-0.39, 0.29) is 29.8 Å². The highest BCUT2D eigenvalue weighted by Crippen LogP contribution is 2.47. The van der Waals surface area contributed by atoms with Crippen LogP contribution in [0.2, 0.25) is 18.1 Å². The number of hydrogen-bond acceptors (Lipinski definition) is 12. The normalized spacial score (nSPS) is 30.2. The van der Waals surface area contributed by atoms with Gasteiger partial charge in [0.15, 0.2) is 27.0 Å². The number of hydrogen-bond donors (Lipinski definition) is 0. The minimum Gasteiger partial charge on any atom is -0.463 e. The lowest BCUT2D eigenvalue weighted by Gasteiger charge is -2.51. The van der Waals surface area contributed by atoms with Crippen LogP contribution in [0.25, 0.3) is 10.4 Å². The third kappa shape index (κ3) is 11.2. The Bertz CT molecular complexity index is 1300. The van der Waals surface area contributed by atoms with E-state index >= 15 is 0 Å². The average Bonchev–Trinajstić information content (AvgIpc) is 3.02. The summed E-state index contributed by atoms with van der Waals surface area (Å²) in [5.41, 5.74) is 10.6. The van der Waals surface area contributed by atoms with E-state index in [4.69, 9.17) is 42.4 Å². The molecule has 2 heterocycles. The Kier molecular flexibility index (Phi) is 16.1. The number of benzene rings is 1. The Morgan fingerprint density at radius 2 is 1.59 bits per heavy atom. The maximum absolute atomic E-state index is 12.4. The first-order chi connectivity index (χ1) is 22.9. The van der Waals surface area contributed by atoms with Crippen LogP contribution < -0.4 is 0 Å². The van der Waals surface area contributed by atoms with Gasteiger partial charge in [-0.2, -0.15) is 9.59 Å². The summed E-state index contributed by atoms with van der Waals surface area (Å²) >= 11 is 0. The van der Waals surface area contributed by atoms with Crippen LogP contribution in [0.4, 0.5) is 0 Å². The number of carbonyl (C=O) groups excluding carboxylic acids is 4. The molecule has 4 unspecified atom stereocenters. The van der Waals surface area contributed by atoms with Crippen LogP contribution in [0.15, 0.2) is 35.4 Å². The Hall–Kier alpha value is -3.13. The van der Waals surface area contributed by atoms with Gasteiger partial charge in [0, 0.05) is 24.7 Å². The van der Waals surface area contributed by atoms with Gasteiger partial charge in [0.25, 0.3) is 0 Å². The van der Waals surface area contributed by atoms with E-state index in [1.807, 2.05) is 51.1 Å². The van der Waals surface area contributed by atoms with Crippen LogP contribution in [0.1, 0.15) is 67.9 Å². The zero-order chi connectivity index (χ0) is 37.1. The SMILES string of the molecule is CC(=O)OCC1O[C@@H](O[Si](C)(C)C(C)(C)C(C)C)C(N=[N+]=[N-])[C@@H](C)[C@@H]1O[C@@H]1OC(C)[C@@H](C)C(OCc2ccccc2)[C@@H]1OC(C)=O.O=C=O. The summed E-state index contributed by atoms with van der Waals surface area (Å²) in [6, 6.07) is 8.95. The van der Waals surface area contributed by atoms with Crippen molar-refractivity contribution in [2.45, 2.75) is 136 Å². The predicted molar refractivity (Wildman–Crippen MR) is 179 cm³/mol. The molecule has 14 nitrogen and oxygen atoms in total. The molecule has 1 aromatic carbocycles. The first-order valence-electron chi connectivity index (χ1n) is 16.6. The van der Waals surface area contributed by atoms with Crippen molar-refractivity contribution in [3.63, 3.8) is 0 Å². The van der Waals surface area contributed by atoms with E-state index in [1.54, 1.807) is 0 Å². The summed E-state index contributed by atoms with van der Waals surface area (Å²) in [5.74, 6) is -1.29. The maximum atomic E-state index is 12.4. The highest BCUT2D eigenvalue weighted by molar-refractivity contribution is 6.74. The first-order valence-corrected chi connectivity index (χ1v) is 19.5. The van der Waals surface area contributed by atoms with Crippen molar-refractivity contribution in [3.8, 4) is 0 Å².